The SMILES string of the molecule is C[C@H](NC(=O)OCC(F)(F)F)c1ccccc1Cl. The van der Waals surface area contributed by atoms with Crippen LogP contribution in [-0.2, 0) is 4.74 Å². The molecule has 0 heterocycles. The molecule has 0 aliphatic rings. The van der Waals surface area contributed by atoms with Gasteiger partial charge in [0.05, 0.1) is 6.04 Å². The summed E-state index contributed by atoms with van der Waals surface area (Å²) in [5.41, 5.74) is 0.600. The van der Waals surface area contributed by atoms with E-state index in [1.165, 1.54) is 0 Å². The number of carbonyl (C=O) groups is 1. The summed E-state index contributed by atoms with van der Waals surface area (Å²) in [7, 11) is 0. The van der Waals surface area contributed by atoms with Gasteiger partial charge in [0.15, 0.2) is 6.61 Å². The maximum atomic E-state index is 11.8. The molecule has 0 spiro atoms. The van der Waals surface area contributed by atoms with Crippen molar-refractivity contribution in [1.29, 1.82) is 0 Å². The Bertz CT molecular complexity index is 423. The highest BCUT2D eigenvalue weighted by Crippen LogP contribution is 2.22. The lowest BCUT2D eigenvalue weighted by Crippen LogP contribution is -2.31. The van der Waals surface area contributed by atoms with Crippen LogP contribution >= 0.6 is 11.6 Å². The van der Waals surface area contributed by atoms with Crippen LogP contribution in [-0.4, -0.2) is 18.9 Å². The van der Waals surface area contributed by atoms with Gasteiger partial charge in [-0.1, -0.05) is 29.8 Å². The van der Waals surface area contributed by atoms with Gasteiger partial charge in [0.25, 0.3) is 0 Å². The smallest absolute Gasteiger partial charge is 0.422 e. The molecule has 0 aliphatic heterocycles. The van der Waals surface area contributed by atoms with Crippen molar-refractivity contribution < 1.29 is 22.7 Å². The molecule has 7 heteroatoms. The molecule has 0 aromatic heterocycles. The van der Waals surface area contributed by atoms with Gasteiger partial charge in [-0.05, 0) is 18.6 Å². The first-order chi connectivity index (χ1) is 8.29. The summed E-state index contributed by atoms with van der Waals surface area (Å²) in [5.74, 6) is 0. The molecule has 0 aliphatic carbocycles. The zero-order chi connectivity index (χ0) is 13.8. The molecule has 100 valence electrons. The second-order valence-corrected chi connectivity index (χ2v) is 3.99. The number of hydrogen-bond acceptors (Lipinski definition) is 2. The van der Waals surface area contributed by atoms with Gasteiger partial charge >= 0.3 is 12.3 Å². The first-order valence-electron chi connectivity index (χ1n) is 5.04. The van der Waals surface area contributed by atoms with Gasteiger partial charge < -0.3 is 10.1 Å². The average molecular weight is 282 g/mol. The second kappa shape index (κ2) is 5.95. The lowest BCUT2D eigenvalue weighted by molar-refractivity contribution is -0.160. The van der Waals surface area contributed by atoms with E-state index in [2.05, 4.69) is 10.1 Å². The molecule has 1 atom stereocenters. The number of carbonyl (C=O) groups excluding carboxylic acids is 1. The Balaban J connectivity index is 2.53. The summed E-state index contributed by atoms with van der Waals surface area (Å²) in [6, 6.07) is 6.16. The fourth-order valence-corrected chi connectivity index (χ4v) is 1.57. The number of benzene rings is 1. The van der Waals surface area contributed by atoms with Crippen molar-refractivity contribution in [2.45, 2.75) is 19.1 Å². The summed E-state index contributed by atoms with van der Waals surface area (Å²) >= 11 is 5.88. The number of nitrogens with one attached hydrogen (secondary N) is 1. The van der Waals surface area contributed by atoms with Crippen LogP contribution in [0.3, 0.4) is 0 Å². The number of ether oxygens (including phenoxy) is 1. The predicted octanol–water partition coefficient (Wildman–Crippen LogP) is 3.69. The Morgan fingerprint density at radius 2 is 2.06 bits per heavy atom. The second-order valence-electron chi connectivity index (χ2n) is 3.58. The van der Waals surface area contributed by atoms with Crippen molar-refractivity contribution >= 4 is 17.7 Å². The maximum absolute atomic E-state index is 11.8. The normalized spacial score (nSPS) is 12.9. The van der Waals surface area contributed by atoms with Gasteiger partial charge in [-0.25, -0.2) is 4.79 Å². The van der Waals surface area contributed by atoms with Crippen molar-refractivity contribution in [2.24, 2.45) is 0 Å². The van der Waals surface area contributed by atoms with E-state index < -0.39 is 24.9 Å². The third-order valence-corrected chi connectivity index (χ3v) is 2.42. The summed E-state index contributed by atoms with van der Waals surface area (Å²) in [6.45, 7) is -0.0237. The molecule has 0 saturated heterocycles. The largest absolute Gasteiger partial charge is 0.440 e. The quantitative estimate of drug-likeness (QED) is 0.917. The maximum Gasteiger partial charge on any atom is 0.422 e. The summed E-state index contributed by atoms with van der Waals surface area (Å²) in [5, 5.41) is 2.68. The highest BCUT2D eigenvalue weighted by molar-refractivity contribution is 6.31. The molecule has 1 rings (SSSR count). The first kappa shape index (κ1) is 14.6. The standard InChI is InChI=1S/C11H11ClF3NO2/c1-7(8-4-2-3-5-9(8)12)16-10(17)18-6-11(13,14)15/h2-5,7H,6H2,1H3,(H,16,17)/t7-/m0/s1. The topological polar surface area (TPSA) is 38.3 Å². The van der Waals surface area contributed by atoms with E-state index in [-0.39, 0.29) is 0 Å². The summed E-state index contributed by atoms with van der Waals surface area (Å²) in [4.78, 5) is 11.1. The van der Waals surface area contributed by atoms with Gasteiger partial charge in [-0.15, -0.1) is 0 Å². The third kappa shape index (κ3) is 4.83. The van der Waals surface area contributed by atoms with Crippen molar-refractivity contribution in [2.75, 3.05) is 6.61 Å². The molecule has 0 radical (unpaired) electrons. The van der Waals surface area contributed by atoms with Crippen LogP contribution < -0.4 is 5.32 Å². The van der Waals surface area contributed by atoms with E-state index in [1.807, 2.05) is 0 Å². The van der Waals surface area contributed by atoms with Gasteiger partial charge in [0.2, 0.25) is 0 Å². The monoisotopic (exact) mass is 281 g/mol. The van der Waals surface area contributed by atoms with Gasteiger partial charge in [0, 0.05) is 5.02 Å². The van der Waals surface area contributed by atoms with Gasteiger partial charge in [0.1, 0.15) is 0 Å². The van der Waals surface area contributed by atoms with Gasteiger partial charge in [-0.2, -0.15) is 13.2 Å². The molecule has 1 N–H and O–H groups in total. The molecule has 1 aromatic carbocycles. The zero-order valence-electron chi connectivity index (χ0n) is 9.42. The third-order valence-electron chi connectivity index (χ3n) is 2.07. The Hall–Kier alpha value is -1.43. The Labute approximate surface area is 107 Å². The molecular weight excluding hydrogens is 271 g/mol. The van der Waals surface area contributed by atoms with E-state index >= 15 is 0 Å². The fraction of sp³-hybridized carbons (Fsp3) is 0.364. The van der Waals surface area contributed by atoms with Crippen LogP contribution in [0.1, 0.15) is 18.5 Å². The van der Waals surface area contributed by atoms with Crippen LogP contribution in [0.5, 0.6) is 0 Å². The van der Waals surface area contributed by atoms with Crippen molar-refractivity contribution in [3.8, 4) is 0 Å². The lowest BCUT2D eigenvalue weighted by atomic mass is 10.1. The van der Waals surface area contributed by atoms with Crippen LogP contribution in [0.4, 0.5) is 18.0 Å². The van der Waals surface area contributed by atoms with Crippen molar-refractivity contribution in [3.63, 3.8) is 0 Å². The summed E-state index contributed by atoms with van der Waals surface area (Å²) < 4.78 is 39.5. The van der Waals surface area contributed by atoms with Crippen LogP contribution in [0, 0.1) is 0 Å². The van der Waals surface area contributed by atoms with Gasteiger partial charge in [-0.3, -0.25) is 0 Å². The molecule has 0 bridgehead atoms. The first-order valence-corrected chi connectivity index (χ1v) is 5.42. The van der Waals surface area contributed by atoms with E-state index in [9.17, 15) is 18.0 Å². The number of halogens is 4. The number of amides is 1. The highest BCUT2D eigenvalue weighted by atomic mass is 35.5. The fourth-order valence-electron chi connectivity index (χ4n) is 1.27. The van der Waals surface area contributed by atoms with Crippen LogP contribution in [0.25, 0.3) is 0 Å². The number of alkyl halides is 3. The molecule has 1 aromatic rings. The average Bonchev–Trinajstić information content (AvgIpc) is 2.26. The predicted molar refractivity (Wildman–Crippen MR) is 60.4 cm³/mol. The van der Waals surface area contributed by atoms with E-state index in [0.29, 0.717) is 10.6 Å². The highest BCUT2D eigenvalue weighted by Gasteiger charge is 2.29. The minimum absolute atomic E-state index is 0.418. The minimum atomic E-state index is -4.54. The van der Waals surface area contributed by atoms with E-state index in [4.69, 9.17) is 11.6 Å². The van der Waals surface area contributed by atoms with Crippen LogP contribution in [0.15, 0.2) is 24.3 Å². The number of rotatable bonds is 3. The molecular formula is C11H11ClF3NO2. The number of hydrogen-bond donors (Lipinski definition) is 1. The molecule has 1 amide bonds. The van der Waals surface area contributed by atoms with Crippen molar-refractivity contribution in [3.05, 3.63) is 34.9 Å². The Kier molecular flexibility index (Phi) is 4.84. The molecule has 0 unspecified atom stereocenters. The molecule has 3 nitrogen and oxygen atoms in total. The van der Waals surface area contributed by atoms with Crippen LogP contribution in [0.2, 0.25) is 5.02 Å². The Morgan fingerprint density at radius 1 is 1.44 bits per heavy atom. The minimum Gasteiger partial charge on any atom is -0.440 e. The number of alkyl carbamates (subject to hydrolysis) is 1. The zero-order valence-corrected chi connectivity index (χ0v) is 10.2. The molecule has 18 heavy (non-hydrogen) atoms. The Morgan fingerprint density at radius 3 is 2.61 bits per heavy atom. The molecule has 0 fully saturated rings. The van der Waals surface area contributed by atoms with E-state index in [0.717, 1.165) is 0 Å². The lowest BCUT2D eigenvalue weighted by Gasteiger charge is -2.16. The van der Waals surface area contributed by atoms with Crippen molar-refractivity contribution in [1.82, 2.24) is 5.32 Å². The molecule has 0 saturated carbocycles. The summed E-state index contributed by atoms with van der Waals surface area (Å²) in [6.07, 6.45) is -5.68. The van der Waals surface area contributed by atoms with E-state index in [1.54, 1.807) is 31.2 Å².